The number of carbonyl (C=O) groups is 2. The normalized spacial score (nSPS) is 21.6. The van der Waals surface area contributed by atoms with E-state index in [0.717, 1.165) is 62.0 Å². The van der Waals surface area contributed by atoms with Gasteiger partial charge in [-0.15, -0.1) is 0 Å². The molecule has 1 aliphatic heterocycles. The maximum Gasteiger partial charge on any atom is 0.268 e. The van der Waals surface area contributed by atoms with Crippen molar-refractivity contribution >= 4 is 22.7 Å². The molecule has 1 aliphatic carbocycles. The highest BCUT2D eigenvalue weighted by Gasteiger charge is 2.33. The molecular weight excluding hydrogens is 456 g/mol. The molecule has 2 aliphatic rings. The van der Waals surface area contributed by atoms with Crippen molar-refractivity contribution in [2.24, 2.45) is 18.9 Å². The summed E-state index contributed by atoms with van der Waals surface area (Å²) >= 11 is 0. The second-order valence-corrected chi connectivity index (χ2v) is 10.5. The summed E-state index contributed by atoms with van der Waals surface area (Å²) in [6.07, 6.45) is 5.87. The number of amides is 2. The van der Waals surface area contributed by atoms with E-state index in [0.29, 0.717) is 24.5 Å². The molecule has 194 valence electrons. The van der Waals surface area contributed by atoms with E-state index >= 15 is 0 Å². The molecule has 2 N–H and O–H groups in total. The van der Waals surface area contributed by atoms with Gasteiger partial charge in [0, 0.05) is 37.4 Å². The van der Waals surface area contributed by atoms with Crippen LogP contribution in [0.3, 0.4) is 0 Å². The Hall–Kier alpha value is -3.05. The Balaban J connectivity index is 1.45. The molecule has 1 aromatic carbocycles. The molecular formula is C28H38N4O4. The van der Waals surface area contributed by atoms with E-state index in [1.165, 1.54) is 0 Å². The van der Waals surface area contributed by atoms with Crippen LogP contribution >= 0.6 is 0 Å². The van der Waals surface area contributed by atoms with Gasteiger partial charge in [-0.25, -0.2) is 0 Å². The molecule has 0 bridgehead atoms. The predicted octanol–water partition coefficient (Wildman–Crippen LogP) is 4.08. The number of ether oxygens (including phenoxy) is 2. The van der Waals surface area contributed by atoms with Crippen LogP contribution in [0.25, 0.3) is 10.9 Å². The van der Waals surface area contributed by atoms with Crippen LogP contribution in [-0.2, 0) is 16.6 Å². The van der Waals surface area contributed by atoms with Gasteiger partial charge in [0.25, 0.3) is 5.91 Å². The van der Waals surface area contributed by atoms with Gasteiger partial charge in [-0.05, 0) is 43.4 Å². The van der Waals surface area contributed by atoms with Gasteiger partial charge in [0.15, 0.2) is 0 Å². The van der Waals surface area contributed by atoms with E-state index in [1.807, 2.05) is 49.7 Å². The van der Waals surface area contributed by atoms with Gasteiger partial charge in [-0.2, -0.15) is 5.26 Å². The van der Waals surface area contributed by atoms with Gasteiger partial charge in [0.1, 0.15) is 23.6 Å². The van der Waals surface area contributed by atoms with Crippen LogP contribution in [0.1, 0.15) is 69.3 Å². The van der Waals surface area contributed by atoms with Crippen LogP contribution in [0.15, 0.2) is 24.3 Å². The molecule has 0 spiro atoms. The van der Waals surface area contributed by atoms with Crippen LogP contribution in [0, 0.1) is 23.2 Å². The molecule has 8 nitrogen and oxygen atoms in total. The van der Waals surface area contributed by atoms with E-state index in [1.54, 1.807) is 0 Å². The number of hydrogen-bond donors (Lipinski definition) is 2. The summed E-state index contributed by atoms with van der Waals surface area (Å²) in [6, 6.07) is 9.23. The maximum atomic E-state index is 13.3. The Morgan fingerprint density at radius 2 is 1.92 bits per heavy atom. The smallest absolute Gasteiger partial charge is 0.268 e. The fourth-order valence-electron chi connectivity index (χ4n) is 5.34. The largest absolute Gasteiger partial charge is 0.490 e. The minimum absolute atomic E-state index is 0.140. The van der Waals surface area contributed by atoms with Crippen molar-refractivity contribution in [3.63, 3.8) is 0 Å². The molecule has 2 amide bonds. The summed E-state index contributed by atoms with van der Waals surface area (Å²) in [5, 5.41) is 16.4. The summed E-state index contributed by atoms with van der Waals surface area (Å²) in [5.41, 5.74) is 1.47. The van der Waals surface area contributed by atoms with Gasteiger partial charge >= 0.3 is 0 Å². The van der Waals surface area contributed by atoms with Crippen molar-refractivity contribution in [3.05, 3.63) is 30.0 Å². The van der Waals surface area contributed by atoms with Crippen LogP contribution in [0.5, 0.6) is 5.75 Å². The number of aryl methyl sites for hydroxylation is 1. The lowest BCUT2D eigenvalue weighted by Gasteiger charge is -2.32. The molecule has 0 radical (unpaired) electrons. The Kier molecular flexibility index (Phi) is 8.52. The van der Waals surface area contributed by atoms with Crippen molar-refractivity contribution < 1.29 is 19.1 Å². The molecule has 2 heterocycles. The van der Waals surface area contributed by atoms with Crippen molar-refractivity contribution in [2.45, 2.75) is 77.0 Å². The van der Waals surface area contributed by atoms with Crippen molar-refractivity contribution in [2.75, 3.05) is 13.2 Å². The number of carbonyl (C=O) groups excluding carboxylic acids is 2. The van der Waals surface area contributed by atoms with E-state index < -0.39 is 6.04 Å². The monoisotopic (exact) mass is 494 g/mol. The van der Waals surface area contributed by atoms with Gasteiger partial charge in [-0.1, -0.05) is 26.7 Å². The molecule has 36 heavy (non-hydrogen) atoms. The topological polar surface area (TPSA) is 105 Å². The summed E-state index contributed by atoms with van der Waals surface area (Å²) in [5.74, 6) is 0.439. The molecule has 4 rings (SSSR count). The highest BCUT2D eigenvalue weighted by molar-refractivity contribution is 5.99. The molecule has 1 aromatic heterocycles. The number of benzene rings is 1. The summed E-state index contributed by atoms with van der Waals surface area (Å²) < 4.78 is 13.4. The quantitative estimate of drug-likeness (QED) is 0.575. The van der Waals surface area contributed by atoms with Crippen molar-refractivity contribution in [1.29, 1.82) is 5.26 Å². The Labute approximate surface area is 213 Å². The Morgan fingerprint density at radius 3 is 2.64 bits per heavy atom. The average Bonchev–Trinajstić information content (AvgIpc) is 3.20. The van der Waals surface area contributed by atoms with Gasteiger partial charge in [-0.3, -0.25) is 9.59 Å². The van der Waals surface area contributed by atoms with Crippen LogP contribution in [-0.4, -0.2) is 47.8 Å². The first kappa shape index (κ1) is 26.0. The molecule has 0 unspecified atom stereocenters. The third-order valence-electron chi connectivity index (χ3n) is 7.32. The van der Waals surface area contributed by atoms with Crippen molar-refractivity contribution in [1.82, 2.24) is 15.2 Å². The fraction of sp³-hybridized carbons (Fsp3) is 0.607. The minimum atomic E-state index is -0.508. The van der Waals surface area contributed by atoms with E-state index in [9.17, 15) is 14.9 Å². The fourth-order valence-corrected chi connectivity index (χ4v) is 5.34. The summed E-state index contributed by atoms with van der Waals surface area (Å²) in [4.78, 5) is 26.4. The number of rotatable bonds is 8. The van der Waals surface area contributed by atoms with E-state index in [-0.39, 0.29) is 29.9 Å². The molecule has 3 atom stereocenters. The number of fused-ring (bicyclic) bond motifs is 1. The second kappa shape index (κ2) is 11.8. The first-order valence-electron chi connectivity index (χ1n) is 13.2. The lowest BCUT2D eigenvalue weighted by Crippen LogP contribution is -2.50. The second-order valence-electron chi connectivity index (χ2n) is 10.5. The number of nitrogens with zero attached hydrogens (tertiary/aromatic N) is 2. The third-order valence-corrected chi connectivity index (χ3v) is 7.32. The molecule has 2 aromatic rings. The lowest BCUT2D eigenvalue weighted by atomic mass is 9.83. The van der Waals surface area contributed by atoms with Crippen LogP contribution < -0.4 is 15.4 Å². The highest BCUT2D eigenvalue weighted by atomic mass is 16.5. The van der Waals surface area contributed by atoms with E-state index in [4.69, 9.17) is 9.47 Å². The number of nitriles is 1. The standard InChI is InChI=1S/C28H38N4O4/c1-18(2)14-20(17-29)30-27(33)23-6-4-5-7-24(23)31-28(34)26-15-19-8-9-22(16-25(19)32(26)3)36-21-10-12-35-13-11-21/h8-9,15-16,18,20-21,23-24H,4-7,10-14H2,1-3H3,(H,30,33)(H,31,34)/t20-,23+,24+/m0/s1. The van der Waals surface area contributed by atoms with Crippen LogP contribution in [0.4, 0.5) is 0 Å². The summed E-state index contributed by atoms with van der Waals surface area (Å²) in [7, 11) is 1.88. The predicted molar refractivity (Wildman–Crippen MR) is 138 cm³/mol. The minimum Gasteiger partial charge on any atom is -0.490 e. The van der Waals surface area contributed by atoms with Gasteiger partial charge in [0.2, 0.25) is 5.91 Å². The van der Waals surface area contributed by atoms with Crippen molar-refractivity contribution in [3.8, 4) is 11.8 Å². The molecule has 8 heteroatoms. The molecule has 1 saturated carbocycles. The van der Waals surface area contributed by atoms with E-state index in [2.05, 4.69) is 16.7 Å². The zero-order chi connectivity index (χ0) is 25.7. The van der Waals surface area contributed by atoms with Gasteiger partial charge in [0.05, 0.1) is 30.7 Å². The zero-order valence-corrected chi connectivity index (χ0v) is 21.6. The average molecular weight is 495 g/mol. The maximum absolute atomic E-state index is 13.3. The first-order chi connectivity index (χ1) is 17.4. The number of aromatic nitrogens is 1. The van der Waals surface area contributed by atoms with Gasteiger partial charge < -0.3 is 24.7 Å². The Bertz CT molecular complexity index is 1110. The first-order valence-corrected chi connectivity index (χ1v) is 13.2. The molecule has 1 saturated heterocycles. The summed E-state index contributed by atoms with van der Waals surface area (Å²) in [6.45, 7) is 5.50. The molecule has 2 fully saturated rings. The Morgan fingerprint density at radius 1 is 1.17 bits per heavy atom. The number of nitrogens with one attached hydrogen (secondary N) is 2. The number of hydrogen-bond acceptors (Lipinski definition) is 5. The third kappa shape index (κ3) is 6.19. The van der Waals surface area contributed by atoms with Crippen LogP contribution in [0.2, 0.25) is 0 Å². The lowest BCUT2D eigenvalue weighted by molar-refractivity contribution is -0.127. The SMILES string of the molecule is CC(C)C[C@@H](C#N)NC(=O)[C@@H]1CCCC[C@H]1NC(=O)c1cc2ccc(OC3CCOCC3)cc2n1C. The highest BCUT2D eigenvalue weighted by Crippen LogP contribution is 2.28. The zero-order valence-electron chi connectivity index (χ0n) is 21.6.